The van der Waals surface area contributed by atoms with Crippen LogP contribution in [0.5, 0.6) is 0 Å². The number of para-hydroxylation sites is 2. The first-order valence-corrected chi connectivity index (χ1v) is 10.7. The highest BCUT2D eigenvalue weighted by Crippen LogP contribution is 2.31. The van der Waals surface area contributed by atoms with E-state index in [-0.39, 0.29) is 10.9 Å². The Morgan fingerprint density at radius 1 is 1.17 bits per heavy atom. The van der Waals surface area contributed by atoms with Gasteiger partial charge in [0.25, 0.3) is 0 Å². The van der Waals surface area contributed by atoms with Gasteiger partial charge in [-0.2, -0.15) is 4.31 Å². The van der Waals surface area contributed by atoms with Crippen molar-refractivity contribution in [3.63, 3.8) is 0 Å². The van der Waals surface area contributed by atoms with Gasteiger partial charge in [0, 0.05) is 18.8 Å². The predicted molar refractivity (Wildman–Crippen MR) is 109 cm³/mol. The average molecular weight is 414 g/mol. The Kier molecular flexibility index (Phi) is 5.01. The molecule has 1 saturated heterocycles. The van der Waals surface area contributed by atoms with E-state index in [9.17, 15) is 13.2 Å². The highest BCUT2D eigenvalue weighted by molar-refractivity contribution is 7.89. The standard InChI is InChI=1S/C20H22N4O4S/c1-14-21-18-5-3-4-6-19(18)24(14)16-11-12-23(13-16)29(26,27)17-9-7-15(8-10-17)22-20(25)28-2/h3-10,16H,11-13H2,1-2H3,(H,22,25)/t16-/m1/s1. The summed E-state index contributed by atoms with van der Waals surface area (Å²) in [6, 6.07) is 14.0. The molecule has 1 amide bonds. The fourth-order valence-corrected chi connectivity index (χ4v) is 5.29. The number of imidazole rings is 1. The molecule has 1 aliphatic rings. The molecule has 1 aliphatic heterocycles. The Hall–Kier alpha value is -2.91. The summed E-state index contributed by atoms with van der Waals surface area (Å²) in [7, 11) is -2.36. The molecule has 0 spiro atoms. The van der Waals surface area contributed by atoms with E-state index < -0.39 is 16.1 Å². The molecule has 0 bridgehead atoms. The lowest BCUT2D eigenvalue weighted by atomic mass is 10.2. The third kappa shape index (κ3) is 3.58. The van der Waals surface area contributed by atoms with E-state index in [0.717, 1.165) is 23.3 Å². The van der Waals surface area contributed by atoms with E-state index >= 15 is 0 Å². The molecule has 152 valence electrons. The molecular formula is C20H22N4O4S. The normalized spacial score (nSPS) is 17.5. The Morgan fingerprint density at radius 2 is 1.90 bits per heavy atom. The van der Waals surface area contributed by atoms with Crippen LogP contribution in [0, 0.1) is 6.92 Å². The number of fused-ring (bicyclic) bond motifs is 1. The molecule has 1 atom stereocenters. The number of aryl methyl sites for hydroxylation is 1. The molecule has 1 fully saturated rings. The average Bonchev–Trinajstić information content (AvgIpc) is 3.32. The van der Waals surface area contributed by atoms with Crippen molar-refractivity contribution in [2.24, 2.45) is 0 Å². The number of nitrogens with zero attached hydrogens (tertiary/aromatic N) is 3. The molecule has 3 aromatic rings. The highest BCUT2D eigenvalue weighted by Gasteiger charge is 2.34. The van der Waals surface area contributed by atoms with Gasteiger partial charge in [0.15, 0.2) is 0 Å². The molecule has 29 heavy (non-hydrogen) atoms. The van der Waals surface area contributed by atoms with Crippen molar-refractivity contribution < 1.29 is 17.9 Å². The molecule has 2 aromatic carbocycles. The number of amides is 1. The minimum Gasteiger partial charge on any atom is -0.453 e. The number of sulfonamides is 1. The number of carbonyl (C=O) groups excluding carboxylic acids is 1. The summed E-state index contributed by atoms with van der Waals surface area (Å²) in [4.78, 5) is 16.1. The van der Waals surface area contributed by atoms with Crippen LogP contribution in [-0.4, -0.2) is 48.6 Å². The van der Waals surface area contributed by atoms with Crippen LogP contribution in [-0.2, 0) is 14.8 Å². The molecule has 4 rings (SSSR count). The Balaban J connectivity index is 1.55. The number of rotatable bonds is 4. The highest BCUT2D eigenvalue weighted by atomic mass is 32.2. The van der Waals surface area contributed by atoms with Crippen molar-refractivity contribution in [2.45, 2.75) is 24.3 Å². The largest absolute Gasteiger partial charge is 0.453 e. The minimum absolute atomic E-state index is 0.0393. The summed E-state index contributed by atoms with van der Waals surface area (Å²) in [6.45, 7) is 2.79. The summed E-state index contributed by atoms with van der Waals surface area (Å²) in [6.07, 6.45) is 0.119. The Labute approximate surface area is 169 Å². The number of methoxy groups -OCH3 is 1. The molecule has 9 heteroatoms. The number of ether oxygens (including phenoxy) is 1. The van der Waals surface area contributed by atoms with E-state index in [1.165, 1.54) is 23.5 Å². The molecule has 0 radical (unpaired) electrons. The molecule has 2 heterocycles. The van der Waals surface area contributed by atoms with E-state index in [4.69, 9.17) is 0 Å². The number of nitrogens with one attached hydrogen (secondary N) is 1. The third-order valence-corrected chi connectivity index (χ3v) is 7.07. The maximum absolute atomic E-state index is 13.1. The Morgan fingerprint density at radius 3 is 2.62 bits per heavy atom. The fourth-order valence-electron chi connectivity index (χ4n) is 3.79. The number of carbonyl (C=O) groups is 1. The van der Waals surface area contributed by atoms with Gasteiger partial charge in [-0.25, -0.2) is 18.2 Å². The van der Waals surface area contributed by atoms with Gasteiger partial charge in [0.1, 0.15) is 5.82 Å². The first-order valence-electron chi connectivity index (χ1n) is 9.29. The molecule has 0 aliphatic carbocycles. The van der Waals surface area contributed by atoms with Crippen LogP contribution in [0.15, 0.2) is 53.4 Å². The van der Waals surface area contributed by atoms with Crippen LogP contribution in [0.4, 0.5) is 10.5 Å². The SMILES string of the molecule is COC(=O)Nc1ccc(S(=O)(=O)N2CC[C@@H](n3c(C)nc4ccccc43)C2)cc1. The number of hydrogen-bond acceptors (Lipinski definition) is 5. The topological polar surface area (TPSA) is 93.5 Å². The van der Waals surface area contributed by atoms with Gasteiger partial charge in [-0.05, 0) is 49.7 Å². The maximum atomic E-state index is 13.1. The number of hydrogen-bond donors (Lipinski definition) is 1. The molecular weight excluding hydrogens is 392 g/mol. The van der Waals surface area contributed by atoms with Crippen LogP contribution in [0.25, 0.3) is 11.0 Å². The van der Waals surface area contributed by atoms with Crippen LogP contribution in [0.3, 0.4) is 0 Å². The zero-order chi connectivity index (χ0) is 20.6. The van der Waals surface area contributed by atoms with E-state index in [2.05, 4.69) is 19.6 Å². The van der Waals surface area contributed by atoms with Crippen LogP contribution in [0.2, 0.25) is 0 Å². The molecule has 0 unspecified atom stereocenters. The molecule has 0 saturated carbocycles. The molecule has 1 aromatic heterocycles. The molecule has 8 nitrogen and oxygen atoms in total. The lowest BCUT2D eigenvalue weighted by molar-refractivity contribution is 0.187. The summed E-state index contributed by atoms with van der Waals surface area (Å²) in [5.74, 6) is 0.883. The lowest BCUT2D eigenvalue weighted by Gasteiger charge is -2.18. The van der Waals surface area contributed by atoms with Crippen molar-refractivity contribution in [1.82, 2.24) is 13.9 Å². The second kappa shape index (κ2) is 7.49. The molecule has 1 N–H and O–H groups in total. The van der Waals surface area contributed by atoms with Gasteiger partial charge < -0.3 is 9.30 Å². The van der Waals surface area contributed by atoms with Crippen LogP contribution < -0.4 is 5.32 Å². The van der Waals surface area contributed by atoms with Crippen molar-refractivity contribution >= 4 is 32.8 Å². The second-order valence-electron chi connectivity index (χ2n) is 6.96. The zero-order valence-electron chi connectivity index (χ0n) is 16.2. The van der Waals surface area contributed by atoms with E-state index in [1.807, 2.05) is 31.2 Å². The van der Waals surface area contributed by atoms with E-state index in [0.29, 0.717) is 18.8 Å². The number of anilines is 1. The predicted octanol–water partition coefficient (Wildman–Crippen LogP) is 3.16. The van der Waals surface area contributed by atoms with Crippen molar-refractivity contribution in [1.29, 1.82) is 0 Å². The summed E-state index contributed by atoms with van der Waals surface area (Å²) >= 11 is 0. The summed E-state index contributed by atoms with van der Waals surface area (Å²) in [5.41, 5.74) is 2.41. The zero-order valence-corrected chi connectivity index (χ0v) is 17.0. The van der Waals surface area contributed by atoms with Gasteiger partial charge in [0.2, 0.25) is 10.0 Å². The smallest absolute Gasteiger partial charge is 0.411 e. The van der Waals surface area contributed by atoms with Gasteiger partial charge >= 0.3 is 6.09 Å². The second-order valence-corrected chi connectivity index (χ2v) is 8.90. The van der Waals surface area contributed by atoms with Gasteiger partial charge in [-0.15, -0.1) is 0 Å². The van der Waals surface area contributed by atoms with E-state index in [1.54, 1.807) is 12.1 Å². The fraction of sp³-hybridized carbons (Fsp3) is 0.300. The van der Waals surface area contributed by atoms with Gasteiger partial charge in [0.05, 0.1) is 29.1 Å². The number of aromatic nitrogens is 2. The van der Waals surface area contributed by atoms with Crippen molar-refractivity contribution in [3.05, 3.63) is 54.4 Å². The quantitative estimate of drug-likeness (QED) is 0.708. The van der Waals surface area contributed by atoms with Gasteiger partial charge in [-0.3, -0.25) is 5.32 Å². The summed E-state index contributed by atoms with van der Waals surface area (Å²) in [5, 5.41) is 2.51. The Bertz CT molecular complexity index is 1150. The lowest BCUT2D eigenvalue weighted by Crippen LogP contribution is -2.29. The van der Waals surface area contributed by atoms with Crippen LogP contribution >= 0.6 is 0 Å². The van der Waals surface area contributed by atoms with Crippen molar-refractivity contribution in [3.8, 4) is 0 Å². The monoisotopic (exact) mass is 414 g/mol. The summed E-state index contributed by atoms with van der Waals surface area (Å²) < 4.78 is 34.3. The number of benzene rings is 2. The van der Waals surface area contributed by atoms with Crippen molar-refractivity contribution in [2.75, 3.05) is 25.5 Å². The third-order valence-electron chi connectivity index (χ3n) is 5.19. The first-order chi connectivity index (χ1) is 13.9. The van der Waals surface area contributed by atoms with Crippen LogP contribution in [0.1, 0.15) is 18.3 Å². The first kappa shape index (κ1) is 19.4. The van der Waals surface area contributed by atoms with Gasteiger partial charge in [-0.1, -0.05) is 12.1 Å². The minimum atomic E-state index is -3.62. The maximum Gasteiger partial charge on any atom is 0.411 e.